The van der Waals surface area contributed by atoms with Crippen LogP contribution in [0.1, 0.15) is 46.0 Å². The molecule has 1 amide bonds. The second-order valence-electron chi connectivity index (χ2n) is 7.55. The van der Waals surface area contributed by atoms with Gasteiger partial charge in [0.15, 0.2) is 5.16 Å². The number of amides is 1. The molecule has 5 unspecified atom stereocenters. The Labute approximate surface area is 154 Å². The fourth-order valence-electron chi connectivity index (χ4n) is 4.43. The number of thioether (sulfide) groups is 1. The third-order valence-electron chi connectivity index (χ3n) is 5.78. The number of nitrogens with one attached hydrogen (secondary N) is 1. The zero-order chi connectivity index (χ0) is 17.8. The number of aromatic nitrogens is 3. The van der Waals surface area contributed by atoms with Gasteiger partial charge in [0.2, 0.25) is 5.91 Å². The normalized spacial score (nSPS) is 27.4. The lowest BCUT2D eigenvalue weighted by Crippen LogP contribution is -2.43. The maximum absolute atomic E-state index is 12.6. The molecule has 2 fully saturated rings. The molecule has 2 saturated carbocycles. The monoisotopic (exact) mass is 366 g/mol. The first-order valence-corrected chi connectivity index (χ1v) is 10.3. The highest BCUT2D eigenvalue weighted by Crippen LogP contribution is 2.49. The molecule has 0 aromatic carbocycles. The van der Waals surface area contributed by atoms with Gasteiger partial charge in [-0.25, -0.2) is 0 Å². The van der Waals surface area contributed by atoms with Gasteiger partial charge in [0.25, 0.3) is 0 Å². The van der Waals surface area contributed by atoms with E-state index in [9.17, 15) is 4.79 Å². The summed E-state index contributed by atoms with van der Waals surface area (Å²) in [5.41, 5.74) is 0. The van der Waals surface area contributed by atoms with Gasteiger partial charge in [0.05, 0.1) is 5.25 Å². The van der Waals surface area contributed by atoms with Crippen LogP contribution in [-0.4, -0.2) is 45.7 Å². The SMILES string of the molecule is COCCCn1cnnc1SC(C)C(=O)NC(C)C1CC2CCC1C2. The second kappa shape index (κ2) is 8.54. The van der Waals surface area contributed by atoms with E-state index in [1.807, 2.05) is 11.5 Å². The fourth-order valence-corrected chi connectivity index (χ4v) is 5.29. The lowest BCUT2D eigenvalue weighted by molar-refractivity contribution is -0.121. The van der Waals surface area contributed by atoms with Crippen LogP contribution in [0.25, 0.3) is 0 Å². The number of hydrogen-bond donors (Lipinski definition) is 1. The summed E-state index contributed by atoms with van der Waals surface area (Å²) in [6, 6.07) is 0.269. The van der Waals surface area contributed by atoms with Gasteiger partial charge in [-0.2, -0.15) is 0 Å². The van der Waals surface area contributed by atoms with Gasteiger partial charge in [-0.3, -0.25) is 4.79 Å². The summed E-state index contributed by atoms with van der Waals surface area (Å²) in [5.74, 6) is 2.50. The lowest BCUT2D eigenvalue weighted by Gasteiger charge is -2.29. The van der Waals surface area contributed by atoms with Crippen LogP contribution in [0.3, 0.4) is 0 Å². The number of fused-ring (bicyclic) bond motifs is 2. The molecular formula is C18H30N4O2S. The highest BCUT2D eigenvalue weighted by atomic mass is 32.2. The number of ether oxygens (including phenoxy) is 1. The van der Waals surface area contributed by atoms with Crippen LogP contribution in [0.5, 0.6) is 0 Å². The first-order chi connectivity index (χ1) is 12.1. The average molecular weight is 367 g/mol. The van der Waals surface area contributed by atoms with Crippen molar-refractivity contribution in [3.63, 3.8) is 0 Å². The minimum atomic E-state index is -0.175. The minimum Gasteiger partial charge on any atom is -0.385 e. The molecule has 7 heteroatoms. The molecule has 25 heavy (non-hydrogen) atoms. The number of carbonyl (C=O) groups excluding carboxylic acids is 1. The van der Waals surface area contributed by atoms with Crippen molar-refractivity contribution < 1.29 is 9.53 Å². The largest absolute Gasteiger partial charge is 0.385 e. The fraction of sp³-hybridized carbons (Fsp3) is 0.833. The van der Waals surface area contributed by atoms with E-state index in [0.29, 0.717) is 12.5 Å². The van der Waals surface area contributed by atoms with Crippen molar-refractivity contribution in [2.45, 2.75) is 68.9 Å². The Bertz CT molecular complexity index is 579. The van der Waals surface area contributed by atoms with E-state index in [1.54, 1.807) is 13.4 Å². The van der Waals surface area contributed by atoms with Crippen LogP contribution >= 0.6 is 11.8 Å². The summed E-state index contributed by atoms with van der Waals surface area (Å²) in [6.45, 7) is 5.63. The summed E-state index contributed by atoms with van der Waals surface area (Å²) in [5, 5.41) is 12.0. The first kappa shape index (κ1) is 18.7. The van der Waals surface area contributed by atoms with E-state index in [1.165, 1.54) is 37.4 Å². The van der Waals surface area contributed by atoms with E-state index in [4.69, 9.17) is 4.74 Å². The van der Waals surface area contributed by atoms with Gasteiger partial charge in [-0.05, 0) is 57.3 Å². The summed E-state index contributed by atoms with van der Waals surface area (Å²) in [4.78, 5) is 12.6. The number of nitrogens with zero attached hydrogens (tertiary/aromatic N) is 3. The molecule has 2 aliphatic carbocycles. The molecule has 0 radical (unpaired) electrons. The van der Waals surface area contributed by atoms with Crippen molar-refractivity contribution in [3.05, 3.63) is 6.33 Å². The Morgan fingerprint density at radius 1 is 1.44 bits per heavy atom. The molecular weight excluding hydrogens is 336 g/mol. The highest BCUT2D eigenvalue weighted by Gasteiger charge is 2.42. The Morgan fingerprint density at radius 2 is 2.28 bits per heavy atom. The second-order valence-corrected chi connectivity index (χ2v) is 8.86. The highest BCUT2D eigenvalue weighted by molar-refractivity contribution is 8.00. The van der Waals surface area contributed by atoms with Crippen LogP contribution in [0, 0.1) is 17.8 Å². The van der Waals surface area contributed by atoms with E-state index in [0.717, 1.165) is 30.0 Å². The Morgan fingerprint density at radius 3 is 2.96 bits per heavy atom. The molecule has 1 heterocycles. The Kier molecular flexibility index (Phi) is 6.39. The maximum Gasteiger partial charge on any atom is 0.233 e. The van der Waals surface area contributed by atoms with Gasteiger partial charge in [0.1, 0.15) is 6.33 Å². The van der Waals surface area contributed by atoms with Crippen molar-refractivity contribution in [2.24, 2.45) is 17.8 Å². The van der Waals surface area contributed by atoms with E-state index in [2.05, 4.69) is 22.4 Å². The van der Waals surface area contributed by atoms with Gasteiger partial charge in [-0.1, -0.05) is 18.2 Å². The number of aryl methyl sites for hydroxylation is 1. The summed E-state index contributed by atoms with van der Waals surface area (Å²) in [7, 11) is 1.70. The molecule has 3 rings (SSSR count). The Balaban J connectivity index is 1.48. The van der Waals surface area contributed by atoms with Crippen molar-refractivity contribution >= 4 is 17.7 Å². The Hall–Kier alpha value is -1.08. The molecule has 1 aromatic heterocycles. The smallest absolute Gasteiger partial charge is 0.233 e. The summed E-state index contributed by atoms with van der Waals surface area (Å²) in [6.07, 6.45) is 8.04. The molecule has 140 valence electrons. The number of rotatable bonds is 9. The minimum absolute atomic E-state index is 0.103. The zero-order valence-corrected chi connectivity index (χ0v) is 16.3. The van der Waals surface area contributed by atoms with Crippen LogP contribution in [0.2, 0.25) is 0 Å². The third-order valence-corrected chi connectivity index (χ3v) is 6.88. The van der Waals surface area contributed by atoms with Crippen molar-refractivity contribution in [3.8, 4) is 0 Å². The topological polar surface area (TPSA) is 69.0 Å². The van der Waals surface area contributed by atoms with Crippen LogP contribution < -0.4 is 5.32 Å². The molecule has 0 aliphatic heterocycles. The van der Waals surface area contributed by atoms with E-state index in [-0.39, 0.29) is 17.2 Å². The number of methoxy groups -OCH3 is 1. The molecule has 0 saturated heterocycles. The predicted molar refractivity (Wildman–Crippen MR) is 98.4 cm³/mol. The molecule has 2 bridgehead atoms. The molecule has 2 aliphatic rings. The van der Waals surface area contributed by atoms with Crippen LogP contribution in [-0.2, 0) is 16.1 Å². The van der Waals surface area contributed by atoms with Crippen molar-refractivity contribution in [1.82, 2.24) is 20.1 Å². The van der Waals surface area contributed by atoms with Crippen LogP contribution in [0.15, 0.2) is 11.5 Å². The van der Waals surface area contributed by atoms with E-state index >= 15 is 0 Å². The van der Waals surface area contributed by atoms with Crippen LogP contribution in [0.4, 0.5) is 0 Å². The number of hydrogen-bond acceptors (Lipinski definition) is 5. The molecule has 1 N–H and O–H groups in total. The maximum atomic E-state index is 12.6. The van der Waals surface area contributed by atoms with Crippen molar-refractivity contribution in [2.75, 3.05) is 13.7 Å². The molecule has 0 spiro atoms. The average Bonchev–Trinajstić information content (AvgIpc) is 3.32. The first-order valence-electron chi connectivity index (χ1n) is 9.42. The zero-order valence-electron chi connectivity index (χ0n) is 15.5. The van der Waals surface area contributed by atoms with Gasteiger partial charge in [0, 0.05) is 26.3 Å². The summed E-state index contributed by atoms with van der Waals surface area (Å²) < 4.78 is 7.08. The quantitative estimate of drug-likeness (QED) is 0.538. The van der Waals surface area contributed by atoms with Gasteiger partial charge in [-0.15, -0.1) is 10.2 Å². The van der Waals surface area contributed by atoms with E-state index < -0.39 is 0 Å². The van der Waals surface area contributed by atoms with Gasteiger partial charge >= 0.3 is 0 Å². The van der Waals surface area contributed by atoms with Crippen molar-refractivity contribution in [1.29, 1.82) is 0 Å². The molecule has 5 atom stereocenters. The summed E-state index contributed by atoms with van der Waals surface area (Å²) >= 11 is 1.48. The molecule has 1 aromatic rings. The lowest BCUT2D eigenvalue weighted by atomic mass is 9.84. The predicted octanol–water partition coefficient (Wildman–Crippen LogP) is 2.74. The molecule has 6 nitrogen and oxygen atoms in total. The third kappa shape index (κ3) is 4.56. The number of carbonyl (C=O) groups is 1. The standard InChI is InChI=1S/C18H30N4O2S/c1-12(16-10-14-5-6-15(16)9-14)20-17(23)13(2)25-18-21-19-11-22(18)7-4-8-24-3/h11-16H,4-10H2,1-3H3,(H,20,23). The van der Waals surface area contributed by atoms with Gasteiger partial charge < -0.3 is 14.6 Å².